The van der Waals surface area contributed by atoms with Crippen LogP contribution >= 0.6 is 7.82 Å². The van der Waals surface area contributed by atoms with Crippen molar-refractivity contribution in [1.82, 2.24) is 0 Å². The molecule has 0 aliphatic rings. The minimum absolute atomic E-state index is 0.157. The van der Waals surface area contributed by atoms with Gasteiger partial charge in [0, 0.05) is 19.3 Å². The van der Waals surface area contributed by atoms with Gasteiger partial charge in [-0.2, -0.15) is 0 Å². The molecule has 0 rings (SSSR count). The third-order valence-electron chi connectivity index (χ3n) is 12.7. The number of allylic oxidation sites excluding steroid dienone is 8. The van der Waals surface area contributed by atoms with Crippen molar-refractivity contribution in [2.75, 3.05) is 26.4 Å². The Bertz CT molecular complexity index is 1400. The Morgan fingerprint density at radius 3 is 1.10 bits per heavy atom. The number of phosphoric acid groups is 1. The van der Waals surface area contributed by atoms with Crippen molar-refractivity contribution >= 4 is 25.7 Å². The Morgan fingerprint density at radius 2 is 0.708 bits per heavy atom. The topological polar surface area (TPSA) is 155 Å². The van der Waals surface area contributed by atoms with E-state index in [2.05, 4.69) is 69.4 Å². The summed E-state index contributed by atoms with van der Waals surface area (Å²) >= 11 is 0. The normalized spacial score (nSPS) is 13.7. The highest BCUT2D eigenvalue weighted by molar-refractivity contribution is 7.47. The van der Waals surface area contributed by atoms with E-state index >= 15 is 0 Å². The van der Waals surface area contributed by atoms with Crippen LogP contribution in [0, 0.1) is 0 Å². The maximum absolute atomic E-state index is 12.9. The van der Waals surface area contributed by atoms with Gasteiger partial charge in [-0.25, -0.2) is 4.57 Å². The Labute approximate surface area is 441 Å². The summed E-state index contributed by atoms with van der Waals surface area (Å²) in [6, 6.07) is 0. The number of carbonyl (C=O) groups excluding carboxylic acids is 3. The smallest absolute Gasteiger partial charge is 0.462 e. The summed E-state index contributed by atoms with van der Waals surface area (Å²) in [5, 5.41) is 9.80. The summed E-state index contributed by atoms with van der Waals surface area (Å²) in [6.07, 6.45) is 57.8. The number of phosphoric ester groups is 1. The maximum Gasteiger partial charge on any atom is 0.472 e. The Morgan fingerprint density at radius 1 is 0.389 bits per heavy atom. The molecule has 12 heteroatoms. The van der Waals surface area contributed by atoms with Crippen molar-refractivity contribution in [2.45, 2.75) is 290 Å². The molecule has 0 fully saturated rings. The molecule has 420 valence electrons. The molecule has 0 heterocycles. The molecular formula is C60H109O11P. The monoisotopic (exact) mass is 1040 g/mol. The van der Waals surface area contributed by atoms with Crippen LogP contribution in [0.2, 0.25) is 0 Å². The fraction of sp³-hybridized carbons (Fsp3) is 0.817. The summed E-state index contributed by atoms with van der Waals surface area (Å²) in [4.78, 5) is 48.5. The Kier molecular flexibility index (Phi) is 52.7. The molecule has 3 atom stereocenters. The summed E-state index contributed by atoms with van der Waals surface area (Å²) in [5.74, 6) is -1.48. The first kappa shape index (κ1) is 69.4. The molecule has 0 aromatic carbocycles. The third-order valence-corrected chi connectivity index (χ3v) is 13.6. The summed E-state index contributed by atoms with van der Waals surface area (Å²) in [7, 11) is -4.75. The Hall–Kier alpha value is -2.56. The molecule has 0 aromatic heterocycles. The second-order valence-electron chi connectivity index (χ2n) is 19.8. The highest BCUT2D eigenvalue weighted by Gasteiger charge is 2.28. The van der Waals surface area contributed by atoms with Gasteiger partial charge in [-0.05, 0) is 96.3 Å². The lowest BCUT2D eigenvalue weighted by Crippen LogP contribution is -2.30. The van der Waals surface area contributed by atoms with Crippen molar-refractivity contribution in [3.8, 4) is 0 Å². The van der Waals surface area contributed by atoms with Crippen LogP contribution in [-0.2, 0) is 42.2 Å². The number of esters is 3. The number of aliphatic hydroxyl groups is 1. The van der Waals surface area contributed by atoms with E-state index in [0.29, 0.717) is 19.3 Å². The Balaban J connectivity index is 4.73. The quantitative estimate of drug-likeness (QED) is 0.0197. The molecular weight excluding hydrogens is 928 g/mol. The van der Waals surface area contributed by atoms with E-state index in [9.17, 15) is 28.9 Å². The molecule has 2 N–H and O–H groups in total. The first-order chi connectivity index (χ1) is 35.2. The van der Waals surface area contributed by atoms with Gasteiger partial charge in [-0.15, -0.1) is 0 Å². The average molecular weight is 1040 g/mol. The molecule has 0 aliphatic carbocycles. The zero-order chi connectivity index (χ0) is 52.7. The second kappa shape index (κ2) is 54.7. The summed E-state index contributed by atoms with van der Waals surface area (Å²) in [5.41, 5.74) is 0. The molecule has 0 radical (unpaired) electrons. The van der Waals surface area contributed by atoms with E-state index in [-0.39, 0.29) is 25.9 Å². The lowest BCUT2D eigenvalue weighted by atomic mass is 10.1. The van der Waals surface area contributed by atoms with E-state index in [1.54, 1.807) is 0 Å². The van der Waals surface area contributed by atoms with Gasteiger partial charge in [0.1, 0.15) is 12.7 Å². The number of carbonyl (C=O) groups is 3. The zero-order valence-electron chi connectivity index (χ0n) is 46.4. The van der Waals surface area contributed by atoms with Crippen molar-refractivity contribution < 1.29 is 52.2 Å². The predicted octanol–water partition coefficient (Wildman–Crippen LogP) is 17.4. The van der Waals surface area contributed by atoms with Gasteiger partial charge in [0.25, 0.3) is 0 Å². The van der Waals surface area contributed by atoms with Crippen LogP contribution in [0.4, 0.5) is 0 Å². The summed E-state index contributed by atoms with van der Waals surface area (Å²) < 4.78 is 39.5. The van der Waals surface area contributed by atoms with Crippen LogP contribution in [0.3, 0.4) is 0 Å². The summed E-state index contributed by atoms with van der Waals surface area (Å²) in [6.45, 7) is 4.57. The van der Waals surface area contributed by atoms with Gasteiger partial charge in [0.15, 0.2) is 6.10 Å². The number of ether oxygens (including phenoxy) is 3. The molecule has 0 saturated heterocycles. The van der Waals surface area contributed by atoms with Crippen LogP contribution < -0.4 is 0 Å². The van der Waals surface area contributed by atoms with Crippen molar-refractivity contribution in [2.24, 2.45) is 0 Å². The van der Waals surface area contributed by atoms with E-state index < -0.39 is 57.8 Å². The van der Waals surface area contributed by atoms with Crippen molar-refractivity contribution in [1.29, 1.82) is 0 Å². The van der Waals surface area contributed by atoms with Crippen molar-refractivity contribution in [3.63, 3.8) is 0 Å². The predicted molar refractivity (Wildman–Crippen MR) is 298 cm³/mol. The molecule has 0 amide bonds. The largest absolute Gasteiger partial charge is 0.472 e. The molecule has 0 aromatic rings. The number of hydrogen-bond acceptors (Lipinski definition) is 10. The fourth-order valence-electron chi connectivity index (χ4n) is 8.15. The van der Waals surface area contributed by atoms with Crippen LogP contribution in [0.1, 0.15) is 278 Å². The maximum atomic E-state index is 12.9. The molecule has 3 unspecified atom stereocenters. The average Bonchev–Trinajstić information content (AvgIpc) is 3.37. The fourth-order valence-corrected chi connectivity index (χ4v) is 8.93. The second-order valence-corrected chi connectivity index (χ2v) is 21.3. The zero-order valence-corrected chi connectivity index (χ0v) is 47.3. The molecule has 0 aliphatic heterocycles. The molecule has 0 bridgehead atoms. The lowest BCUT2D eigenvalue weighted by molar-refractivity contribution is -0.161. The molecule has 0 saturated carbocycles. The highest BCUT2D eigenvalue weighted by Crippen LogP contribution is 2.43. The van der Waals surface area contributed by atoms with Gasteiger partial charge in [0.05, 0.1) is 19.8 Å². The van der Waals surface area contributed by atoms with Gasteiger partial charge in [-0.3, -0.25) is 23.4 Å². The molecule has 11 nitrogen and oxygen atoms in total. The van der Waals surface area contributed by atoms with Crippen LogP contribution in [0.15, 0.2) is 48.6 Å². The number of unbranched alkanes of at least 4 members (excludes halogenated alkanes) is 30. The highest BCUT2D eigenvalue weighted by atomic mass is 31.2. The van der Waals surface area contributed by atoms with E-state index in [4.69, 9.17) is 23.3 Å². The SMILES string of the molecule is CCC/C=C\C/C=C\CCCCCCCC(=O)OC(CO)COP(=O)(O)OCC(COC(=O)CCCCCCCCC/C=C\CCCCCCCC)OC(=O)CCCCCCC/C=C\CCCCCCCC. The first-order valence-corrected chi connectivity index (χ1v) is 31.0. The minimum Gasteiger partial charge on any atom is -0.462 e. The number of rotatable bonds is 55. The molecule has 0 spiro atoms. The third kappa shape index (κ3) is 52.3. The first-order valence-electron chi connectivity index (χ1n) is 29.5. The van der Waals surface area contributed by atoms with E-state index in [1.807, 2.05) is 0 Å². The van der Waals surface area contributed by atoms with Gasteiger partial charge >= 0.3 is 25.7 Å². The lowest BCUT2D eigenvalue weighted by Gasteiger charge is -2.21. The van der Waals surface area contributed by atoms with Gasteiger partial charge in [0.2, 0.25) is 0 Å². The molecule has 72 heavy (non-hydrogen) atoms. The number of hydrogen-bond donors (Lipinski definition) is 2. The minimum atomic E-state index is -4.75. The van der Waals surface area contributed by atoms with Crippen molar-refractivity contribution in [3.05, 3.63) is 48.6 Å². The van der Waals surface area contributed by atoms with Gasteiger partial charge < -0.3 is 24.2 Å². The van der Waals surface area contributed by atoms with Gasteiger partial charge in [-0.1, -0.05) is 211 Å². The van der Waals surface area contributed by atoms with Crippen LogP contribution in [-0.4, -0.2) is 66.5 Å². The van der Waals surface area contributed by atoms with E-state index in [1.165, 1.54) is 109 Å². The van der Waals surface area contributed by atoms with Crippen LogP contribution in [0.5, 0.6) is 0 Å². The van der Waals surface area contributed by atoms with Crippen LogP contribution in [0.25, 0.3) is 0 Å². The standard InChI is InChI=1S/C60H109O11P/c1-4-7-10-13-16-19-22-25-27-28-30-32-34-37-40-43-46-49-58(62)67-53-57(71-60(64)51-48-45-42-39-36-33-29-26-23-20-17-14-11-8-5-2)55-69-72(65,66)68-54-56(52-61)70-59(63)50-47-44-41-38-35-31-24-21-18-15-12-9-6-3/h12,15,21,24-27,29,56-57,61H,4-11,13-14,16-20,22-23,28,30-55H2,1-3H3,(H,65,66)/b15-12-,24-21-,27-25-,29-26-. The van der Waals surface area contributed by atoms with E-state index in [0.717, 1.165) is 109 Å². The number of aliphatic hydroxyl groups excluding tert-OH is 1.